The van der Waals surface area contributed by atoms with Gasteiger partial charge in [0.15, 0.2) is 11.7 Å². The highest BCUT2D eigenvalue weighted by molar-refractivity contribution is 5.83. The molecule has 0 aliphatic carbocycles. The smallest absolute Gasteiger partial charge is 0.249 e. The Bertz CT molecular complexity index is 1040. The maximum absolute atomic E-state index is 13.0. The van der Waals surface area contributed by atoms with E-state index in [1.54, 1.807) is 29.9 Å². The van der Waals surface area contributed by atoms with E-state index in [1.165, 1.54) is 4.68 Å². The van der Waals surface area contributed by atoms with Crippen LogP contribution in [-0.4, -0.2) is 40.7 Å². The molecule has 1 aromatic carbocycles. The molecule has 4 aromatic rings. The van der Waals surface area contributed by atoms with Crippen molar-refractivity contribution in [1.29, 1.82) is 0 Å². The van der Waals surface area contributed by atoms with Gasteiger partial charge in [-0.2, -0.15) is 5.10 Å². The molecule has 0 fully saturated rings. The highest BCUT2D eigenvalue weighted by atomic mass is 16.2. The van der Waals surface area contributed by atoms with Gasteiger partial charge in [0.2, 0.25) is 5.91 Å². The minimum Gasteiger partial charge on any atom is -0.350 e. The monoisotopic (exact) mass is 348 g/mol. The van der Waals surface area contributed by atoms with Crippen molar-refractivity contribution in [2.24, 2.45) is 0 Å². The van der Waals surface area contributed by atoms with E-state index in [-0.39, 0.29) is 5.91 Å². The largest absolute Gasteiger partial charge is 0.350 e. The number of amides is 1. The molecular weight excluding hydrogens is 332 g/mol. The van der Waals surface area contributed by atoms with Gasteiger partial charge in [0.25, 0.3) is 0 Å². The summed E-state index contributed by atoms with van der Waals surface area (Å²) in [7, 11) is 0. The molecule has 4 rings (SSSR count). The molecule has 0 aliphatic heterocycles. The second-order valence-corrected chi connectivity index (χ2v) is 5.76. The van der Waals surface area contributed by atoms with Crippen LogP contribution in [0.4, 0.5) is 0 Å². The zero-order chi connectivity index (χ0) is 17.9. The molecule has 9 heteroatoms. The van der Waals surface area contributed by atoms with Gasteiger partial charge in [-0.25, -0.2) is 14.2 Å². The molecule has 0 radical (unpaired) electrons. The summed E-state index contributed by atoms with van der Waals surface area (Å²) in [6, 6.07) is 10.6. The number of tetrazole rings is 1. The van der Waals surface area contributed by atoms with Crippen LogP contribution in [0.1, 0.15) is 23.0 Å². The van der Waals surface area contributed by atoms with Crippen molar-refractivity contribution in [2.45, 2.75) is 19.5 Å². The molecule has 0 bridgehead atoms. The quantitative estimate of drug-likeness (QED) is 0.575. The highest BCUT2D eigenvalue weighted by Gasteiger charge is 2.25. The van der Waals surface area contributed by atoms with Crippen molar-refractivity contribution in [3.8, 4) is 0 Å². The molecule has 3 aromatic heterocycles. The summed E-state index contributed by atoms with van der Waals surface area (Å²) < 4.78 is 3.18. The van der Waals surface area contributed by atoms with Gasteiger partial charge in [-0.15, -0.1) is 5.10 Å². The number of nitrogens with one attached hydrogen (secondary N) is 1. The van der Waals surface area contributed by atoms with Gasteiger partial charge < -0.3 is 5.32 Å². The Morgan fingerprint density at radius 3 is 2.85 bits per heavy atom. The lowest BCUT2D eigenvalue weighted by Gasteiger charge is -2.17. The first-order chi connectivity index (χ1) is 12.7. The second-order valence-electron chi connectivity index (χ2n) is 5.76. The van der Waals surface area contributed by atoms with Crippen LogP contribution in [0, 0.1) is 6.92 Å². The third-order valence-electron chi connectivity index (χ3n) is 4.07. The molecule has 1 N–H and O–H groups in total. The molecule has 0 saturated heterocycles. The Morgan fingerprint density at radius 1 is 1.23 bits per heavy atom. The Kier molecular flexibility index (Phi) is 4.10. The van der Waals surface area contributed by atoms with Crippen LogP contribution >= 0.6 is 0 Å². The summed E-state index contributed by atoms with van der Waals surface area (Å²) in [5.74, 6) is 0.355. The molecule has 0 spiro atoms. The van der Waals surface area contributed by atoms with Gasteiger partial charge >= 0.3 is 0 Å². The average Bonchev–Trinajstić information content (AvgIpc) is 3.28. The molecule has 3 heterocycles. The van der Waals surface area contributed by atoms with Crippen LogP contribution in [0.2, 0.25) is 0 Å². The van der Waals surface area contributed by atoms with E-state index >= 15 is 0 Å². The number of benzene rings is 1. The normalized spacial score (nSPS) is 12.2. The SMILES string of the molecule is Cc1nnnn1[C@H](C(=O)NCc1cnn2cccnc12)c1ccccc1. The number of aromatic nitrogens is 7. The molecule has 130 valence electrons. The van der Waals surface area contributed by atoms with E-state index in [2.05, 4.69) is 30.9 Å². The number of nitrogens with zero attached hydrogens (tertiary/aromatic N) is 7. The van der Waals surface area contributed by atoms with Gasteiger partial charge in [0.1, 0.15) is 5.82 Å². The molecule has 0 saturated carbocycles. The van der Waals surface area contributed by atoms with Gasteiger partial charge in [0, 0.05) is 24.5 Å². The Morgan fingerprint density at radius 2 is 2.08 bits per heavy atom. The van der Waals surface area contributed by atoms with E-state index in [4.69, 9.17) is 0 Å². The van der Waals surface area contributed by atoms with E-state index < -0.39 is 6.04 Å². The van der Waals surface area contributed by atoms with Crippen LogP contribution in [0.3, 0.4) is 0 Å². The molecule has 1 atom stereocenters. The van der Waals surface area contributed by atoms with Crippen molar-refractivity contribution >= 4 is 11.6 Å². The van der Waals surface area contributed by atoms with E-state index in [0.717, 1.165) is 11.1 Å². The highest BCUT2D eigenvalue weighted by Crippen LogP contribution is 2.19. The first-order valence-electron chi connectivity index (χ1n) is 8.08. The van der Waals surface area contributed by atoms with Crippen molar-refractivity contribution in [3.05, 3.63) is 71.9 Å². The van der Waals surface area contributed by atoms with Gasteiger partial charge in [-0.1, -0.05) is 30.3 Å². The van der Waals surface area contributed by atoms with E-state index in [9.17, 15) is 4.79 Å². The number of carbonyl (C=O) groups is 1. The number of aryl methyl sites for hydroxylation is 1. The van der Waals surface area contributed by atoms with Gasteiger partial charge in [-0.3, -0.25) is 4.79 Å². The predicted octanol–water partition coefficient (Wildman–Crippen LogP) is 0.930. The van der Waals surface area contributed by atoms with Crippen LogP contribution in [0.5, 0.6) is 0 Å². The lowest BCUT2D eigenvalue weighted by molar-refractivity contribution is -0.123. The average molecular weight is 348 g/mol. The van der Waals surface area contributed by atoms with Crippen molar-refractivity contribution in [2.75, 3.05) is 0 Å². The molecular formula is C17H16N8O. The fraction of sp³-hybridized carbons (Fsp3) is 0.176. The molecule has 9 nitrogen and oxygen atoms in total. The molecule has 26 heavy (non-hydrogen) atoms. The number of hydrogen-bond donors (Lipinski definition) is 1. The third-order valence-corrected chi connectivity index (χ3v) is 4.07. The number of fused-ring (bicyclic) bond motifs is 1. The zero-order valence-electron chi connectivity index (χ0n) is 14.0. The van der Waals surface area contributed by atoms with Crippen molar-refractivity contribution < 1.29 is 4.79 Å². The van der Waals surface area contributed by atoms with Gasteiger partial charge in [0.05, 0.1) is 6.20 Å². The standard InChI is InChI=1S/C17H16N8O/c1-12-21-22-23-25(12)15(13-6-3-2-4-7-13)17(26)19-10-14-11-20-24-9-5-8-18-16(14)24/h2-9,11,15H,10H2,1H3,(H,19,26)/t15-/m0/s1. The zero-order valence-corrected chi connectivity index (χ0v) is 14.0. The molecule has 0 aliphatic rings. The first kappa shape index (κ1) is 15.9. The van der Waals surface area contributed by atoms with Crippen molar-refractivity contribution in [1.82, 2.24) is 40.1 Å². The summed E-state index contributed by atoms with van der Waals surface area (Å²) in [6.07, 6.45) is 5.20. The summed E-state index contributed by atoms with van der Waals surface area (Å²) in [6.45, 7) is 2.07. The Hall–Kier alpha value is -3.62. The minimum atomic E-state index is -0.652. The molecule has 1 amide bonds. The topological polar surface area (TPSA) is 103 Å². The Labute approximate surface area is 148 Å². The van der Waals surface area contributed by atoms with Crippen LogP contribution in [0.25, 0.3) is 5.65 Å². The van der Waals surface area contributed by atoms with Crippen molar-refractivity contribution in [3.63, 3.8) is 0 Å². The lowest BCUT2D eigenvalue weighted by Crippen LogP contribution is -2.34. The minimum absolute atomic E-state index is 0.207. The van der Waals surface area contributed by atoms with E-state index in [1.807, 2.05) is 36.5 Å². The number of carbonyl (C=O) groups excluding carboxylic acids is 1. The predicted molar refractivity (Wildman–Crippen MR) is 92.0 cm³/mol. The van der Waals surface area contributed by atoms with Crippen LogP contribution in [-0.2, 0) is 11.3 Å². The second kappa shape index (κ2) is 6.71. The van der Waals surface area contributed by atoms with Gasteiger partial charge in [-0.05, 0) is 29.0 Å². The van der Waals surface area contributed by atoms with Crippen LogP contribution in [0.15, 0.2) is 55.0 Å². The van der Waals surface area contributed by atoms with E-state index in [0.29, 0.717) is 18.0 Å². The summed E-state index contributed by atoms with van der Waals surface area (Å²) in [4.78, 5) is 17.2. The maximum Gasteiger partial charge on any atom is 0.249 e. The number of rotatable bonds is 5. The lowest BCUT2D eigenvalue weighted by atomic mass is 10.1. The Balaban J connectivity index is 1.60. The fourth-order valence-electron chi connectivity index (χ4n) is 2.80. The summed E-state index contributed by atoms with van der Waals surface area (Å²) >= 11 is 0. The first-order valence-corrected chi connectivity index (χ1v) is 8.08. The summed E-state index contributed by atoms with van der Waals surface area (Å²) in [5.41, 5.74) is 2.35. The number of hydrogen-bond acceptors (Lipinski definition) is 6. The molecule has 0 unspecified atom stereocenters. The van der Waals surface area contributed by atoms with Crippen LogP contribution < -0.4 is 5.32 Å². The summed E-state index contributed by atoms with van der Waals surface area (Å²) in [5, 5.41) is 18.7. The third kappa shape index (κ3) is 2.90. The maximum atomic E-state index is 13.0. The fourth-order valence-corrected chi connectivity index (χ4v) is 2.80.